The highest BCUT2D eigenvalue weighted by molar-refractivity contribution is 5.65. The second-order valence-electron chi connectivity index (χ2n) is 4.70. The van der Waals surface area contributed by atoms with Crippen molar-refractivity contribution in [3.05, 3.63) is 33.9 Å². The molecular formula is C13H18N2O3. The van der Waals surface area contributed by atoms with E-state index in [9.17, 15) is 15.2 Å². The fraction of sp³-hybridized carbons (Fsp3) is 0.538. The van der Waals surface area contributed by atoms with Crippen LogP contribution < -0.4 is 4.90 Å². The van der Waals surface area contributed by atoms with Gasteiger partial charge in [0.25, 0.3) is 5.69 Å². The lowest BCUT2D eigenvalue weighted by molar-refractivity contribution is -0.384. The van der Waals surface area contributed by atoms with Gasteiger partial charge in [-0.05, 0) is 38.3 Å². The van der Waals surface area contributed by atoms with Crippen LogP contribution in [0.3, 0.4) is 0 Å². The van der Waals surface area contributed by atoms with Crippen molar-refractivity contribution in [2.24, 2.45) is 0 Å². The van der Waals surface area contributed by atoms with E-state index in [0.29, 0.717) is 17.3 Å². The molecule has 1 aliphatic rings. The van der Waals surface area contributed by atoms with Gasteiger partial charge in [0.05, 0.1) is 11.0 Å². The van der Waals surface area contributed by atoms with Crippen molar-refractivity contribution in [2.45, 2.75) is 38.8 Å². The lowest BCUT2D eigenvalue weighted by atomic mass is 10.1. The molecule has 18 heavy (non-hydrogen) atoms. The summed E-state index contributed by atoms with van der Waals surface area (Å²) in [6.07, 6.45) is 1.51. The zero-order chi connectivity index (χ0) is 13.3. The predicted molar refractivity (Wildman–Crippen MR) is 69.8 cm³/mol. The highest BCUT2D eigenvalue weighted by Crippen LogP contribution is 2.37. The van der Waals surface area contributed by atoms with Gasteiger partial charge in [0, 0.05) is 18.7 Å². The van der Waals surface area contributed by atoms with Gasteiger partial charge in [-0.3, -0.25) is 10.1 Å². The van der Waals surface area contributed by atoms with Crippen molar-refractivity contribution >= 4 is 11.4 Å². The number of rotatable bonds is 5. The molecule has 1 aromatic rings. The smallest absolute Gasteiger partial charge is 0.292 e. The Kier molecular flexibility index (Phi) is 3.52. The minimum Gasteiger partial charge on any atom is -0.389 e. The summed E-state index contributed by atoms with van der Waals surface area (Å²) in [5, 5.41) is 20.7. The van der Waals surface area contributed by atoms with E-state index in [0.717, 1.165) is 19.4 Å². The van der Waals surface area contributed by atoms with Gasteiger partial charge in [-0.1, -0.05) is 6.07 Å². The highest BCUT2D eigenvalue weighted by atomic mass is 16.6. The lowest BCUT2D eigenvalue weighted by Crippen LogP contribution is -2.25. The summed E-state index contributed by atoms with van der Waals surface area (Å²) in [6.45, 7) is 4.38. The monoisotopic (exact) mass is 250 g/mol. The number of benzene rings is 1. The van der Waals surface area contributed by atoms with Gasteiger partial charge in [-0.15, -0.1) is 0 Å². The third-order valence-corrected chi connectivity index (χ3v) is 3.32. The molecule has 0 radical (unpaired) electrons. The molecule has 1 aromatic carbocycles. The Labute approximate surface area is 106 Å². The minimum atomic E-state index is -0.686. The van der Waals surface area contributed by atoms with E-state index < -0.39 is 6.10 Å². The molecule has 0 bridgehead atoms. The lowest BCUT2D eigenvalue weighted by Gasteiger charge is -2.23. The van der Waals surface area contributed by atoms with Crippen molar-refractivity contribution in [3.63, 3.8) is 0 Å². The van der Waals surface area contributed by atoms with Crippen LogP contribution in [0, 0.1) is 10.1 Å². The number of aliphatic hydroxyl groups excluding tert-OH is 1. The van der Waals surface area contributed by atoms with Gasteiger partial charge in [0.1, 0.15) is 5.69 Å². The predicted octanol–water partition coefficient (Wildman–Crippen LogP) is 2.64. The van der Waals surface area contributed by atoms with E-state index in [-0.39, 0.29) is 10.6 Å². The Morgan fingerprint density at radius 2 is 2.22 bits per heavy atom. The van der Waals surface area contributed by atoms with Crippen molar-refractivity contribution < 1.29 is 10.0 Å². The van der Waals surface area contributed by atoms with E-state index in [1.54, 1.807) is 19.1 Å². The minimum absolute atomic E-state index is 0.0853. The number of nitro groups is 1. The maximum Gasteiger partial charge on any atom is 0.292 e. The Hall–Kier alpha value is -1.62. The number of hydrogen-bond donors (Lipinski definition) is 1. The first-order chi connectivity index (χ1) is 8.54. The molecule has 5 nitrogen and oxygen atoms in total. The third kappa shape index (κ3) is 2.46. The van der Waals surface area contributed by atoms with Gasteiger partial charge in [0.15, 0.2) is 0 Å². The summed E-state index contributed by atoms with van der Waals surface area (Å²) in [7, 11) is 0. The second-order valence-corrected chi connectivity index (χ2v) is 4.70. The Bertz CT molecular complexity index is 456. The zero-order valence-corrected chi connectivity index (χ0v) is 10.7. The second kappa shape index (κ2) is 4.94. The molecule has 0 aromatic heterocycles. The van der Waals surface area contributed by atoms with Crippen LogP contribution in [0.15, 0.2) is 18.2 Å². The van der Waals surface area contributed by atoms with Crippen LogP contribution in [0.25, 0.3) is 0 Å². The van der Waals surface area contributed by atoms with Crippen molar-refractivity contribution in [2.75, 3.05) is 11.4 Å². The van der Waals surface area contributed by atoms with Gasteiger partial charge < -0.3 is 10.0 Å². The molecule has 1 fully saturated rings. The molecule has 1 atom stereocenters. The van der Waals surface area contributed by atoms with E-state index in [4.69, 9.17) is 0 Å². The molecule has 0 heterocycles. The molecule has 0 saturated heterocycles. The number of hydrogen-bond acceptors (Lipinski definition) is 4. The summed E-state index contributed by atoms with van der Waals surface area (Å²) in [5.41, 5.74) is 1.33. The fourth-order valence-corrected chi connectivity index (χ4v) is 2.20. The first-order valence-corrected chi connectivity index (χ1v) is 6.27. The van der Waals surface area contributed by atoms with Crippen LogP contribution in [0.4, 0.5) is 11.4 Å². The molecule has 1 aliphatic carbocycles. The molecule has 0 amide bonds. The Morgan fingerprint density at radius 1 is 1.56 bits per heavy atom. The maximum atomic E-state index is 11.2. The zero-order valence-electron chi connectivity index (χ0n) is 10.7. The third-order valence-electron chi connectivity index (χ3n) is 3.32. The summed E-state index contributed by atoms with van der Waals surface area (Å²) in [4.78, 5) is 12.9. The number of anilines is 1. The van der Waals surface area contributed by atoms with Crippen molar-refractivity contribution in [3.8, 4) is 0 Å². The largest absolute Gasteiger partial charge is 0.389 e. The molecule has 1 N–H and O–H groups in total. The average Bonchev–Trinajstić information content (AvgIpc) is 3.14. The van der Waals surface area contributed by atoms with Crippen LogP contribution in [-0.4, -0.2) is 22.6 Å². The summed E-state index contributed by atoms with van der Waals surface area (Å²) in [5.74, 6) is 0. The first-order valence-electron chi connectivity index (χ1n) is 6.27. The summed E-state index contributed by atoms with van der Waals surface area (Å²) >= 11 is 0. The van der Waals surface area contributed by atoms with Crippen LogP contribution in [0.1, 0.15) is 38.4 Å². The fourth-order valence-electron chi connectivity index (χ4n) is 2.20. The molecule has 0 unspecified atom stereocenters. The van der Waals surface area contributed by atoms with Crippen LogP contribution >= 0.6 is 0 Å². The van der Waals surface area contributed by atoms with Crippen LogP contribution in [0.5, 0.6) is 0 Å². The molecule has 98 valence electrons. The van der Waals surface area contributed by atoms with E-state index in [1.165, 1.54) is 6.07 Å². The molecule has 0 aliphatic heterocycles. The quantitative estimate of drug-likeness (QED) is 0.644. The topological polar surface area (TPSA) is 66.6 Å². The first kappa shape index (κ1) is 12.8. The molecular weight excluding hydrogens is 232 g/mol. The Morgan fingerprint density at radius 3 is 2.67 bits per heavy atom. The van der Waals surface area contributed by atoms with Crippen molar-refractivity contribution in [1.82, 2.24) is 0 Å². The van der Waals surface area contributed by atoms with Gasteiger partial charge in [-0.2, -0.15) is 0 Å². The molecule has 5 heteroatoms. The van der Waals surface area contributed by atoms with E-state index in [2.05, 4.69) is 4.90 Å². The average molecular weight is 250 g/mol. The number of aliphatic hydroxyl groups is 1. The molecule has 1 saturated carbocycles. The molecule has 2 rings (SSSR count). The van der Waals surface area contributed by atoms with Crippen LogP contribution in [-0.2, 0) is 0 Å². The maximum absolute atomic E-state index is 11.2. The normalized spacial score (nSPS) is 16.4. The number of nitro benzene ring substituents is 1. The Balaban J connectivity index is 2.42. The summed E-state index contributed by atoms with van der Waals surface area (Å²) in [6, 6.07) is 5.43. The highest BCUT2D eigenvalue weighted by Gasteiger charge is 2.32. The van der Waals surface area contributed by atoms with E-state index in [1.807, 2.05) is 6.92 Å². The van der Waals surface area contributed by atoms with E-state index >= 15 is 0 Å². The molecule has 0 spiro atoms. The van der Waals surface area contributed by atoms with Gasteiger partial charge >= 0.3 is 0 Å². The van der Waals surface area contributed by atoms with Gasteiger partial charge in [0.2, 0.25) is 0 Å². The standard InChI is InChI=1S/C13H18N2O3/c1-3-14(11-5-6-11)12-7-4-10(9(2)16)8-13(12)15(17)18/h4,7-9,11,16H,3,5-6H2,1-2H3/t9-/m1/s1. The number of nitrogens with zero attached hydrogens (tertiary/aromatic N) is 2. The summed E-state index contributed by atoms with van der Waals surface area (Å²) < 4.78 is 0. The van der Waals surface area contributed by atoms with Crippen LogP contribution in [0.2, 0.25) is 0 Å². The van der Waals surface area contributed by atoms with Crippen molar-refractivity contribution in [1.29, 1.82) is 0 Å². The van der Waals surface area contributed by atoms with Gasteiger partial charge in [-0.25, -0.2) is 0 Å². The SMILES string of the molecule is CCN(c1ccc([C@@H](C)O)cc1[N+](=O)[O-])C1CC1.